The van der Waals surface area contributed by atoms with Crippen LogP contribution in [0, 0.1) is 0 Å². The van der Waals surface area contributed by atoms with Crippen LogP contribution in [-0.4, -0.2) is 83.5 Å². The minimum Gasteiger partial charge on any atom is -0.493 e. The number of nitrogens with zero attached hydrogens (tertiary/aromatic N) is 3. The molecular weight excluding hydrogens is 450 g/mol. The minimum absolute atomic E-state index is 0.443. The molecule has 35 heavy (non-hydrogen) atoms. The molecule has 9 nitrogen and oxygen atoms in total. The highest BCUT2D eigenvalue weighted by atomic mass is 16.6. The van der Waals surface area contributed by atoms with Crippen LogP contribution >= 0.6 is 0 Å². The summed E-state index contributed by atoms with van der Waals surface area (Å²) in [5.41, 5.74) is 2.01. The second-order valence-corrected chi connectivity index (χ2v) is 7.88. The van der Waals surface area contributed by atoms with Gasteiger partial charge in [0.1, 0.15) is 18.0 Å². The van der Waals surface area contributed by atoms with Crippen LogP contribution in [0.5, 0.6) is 23.0 Å². The molecule has 0 spiro atoms. The maximum atomic E-state index is 5.83. The van der Waals surface area contributed by atoms with Crippen molar-refractivity contribution in [2.75, 3.05) is 67.9 Å². The fourth-order valence-electron chi connectivity index (χ4n) is 4.01. The lowest BCUT2D eigenvalue weighted by atomic mass is 10.0. The third kappa shape index (κ3) is 5.58. The van der Waals surface area contributed by atoms with E-state index in [1.54, 1.807) is 34.6 Å². The molecular formula is C26H31N3O6. The first kappa shape index (κ1) is 24.6. The average molecular weight is 482 g/mol. The molecule has 1 aliphatic heterocycles. The van der Waals surface area contributed by atoms with Gasteiger partial charge in [-0.15, -0.1) is 0 Å². The van der Waals surface area contributed by atoms with Crippen LogP contribution in [0.4, 0.5) is 0 Å². The molecule has 9 heteroatoms. The Labute approximate surface area is 205 Å². The number of morpholine rings is 1. The van der Waals surface area contributed by atoms with E-state index in [9.17, 15) is 0 Å². The molecule has 3 aromatic rings. The zero-order valence-corrected chi connectivity index (χ0v) is 20.6. The van der Waals surface area contributed by atoms with Gasteiger partial charge in [0.25, 0.3) is 0 Å². The Morgan fingerprint density at radius 3 is 2.29 bits per heavy atom. The zero-order chi connectivity index (χ0) is 24.6. The molecule has 0 radical (unpaired) electrons. The van der Waals surface area contributed by atoms with E-state index < -0.39 is 0 Å². The van der Waals surface area contributed by atoms with Crippen molar-refractivity contribution >= 4 is 16.5 Å². The predicted octanol–water partition coefficient (Wildman–Crippen LogP) is 3.37. The van der Waals surface area contributed by atoms with Crippen LogP contribution in [-0.2, 0) is 9.57 Å². The molecule has 1 fully saturated rings. The Hall–Kier alpha value is -3.56. The average Bonchev–Trinajstić information content (AvgIpc) is 2.92. The fourth-order valence-corrected chi connectivity index (χ4v) is 4.01. The van der Waals surface area contributed by atoms with Gasteiger partial charge in [-0.1, -0.05) is 5.16 Å². The quantitative estimate of drug-likeness (QED) is 0.248. The van der Waals surface area contributed by atoms with Crippen molar-refractivity contribution in [3.05, 3.63) is 53.9 Å². The molecule has 0 atom stereocenters. The summed E-state index contributed by atoms with van der Waals surface area (Å²) in [4.78, 5) is 12.8. The Balaban J connectivity index is 1.74. The Morgan fingerprint density at radius 2 is 1.57 bits per heavy atom. The maximum absolute atomic E-state index is 5.83. The van der Waals surface area contributed by atoms with E-state index in [0.717, 1.165) is 49.2 Å². The molecule has 0 amide bonds. The van der Waals surface area contributed by atoms with Crippen molar-refractivity contribution < 1.29 is 28.5 Å². The van der Waals surface area contributed by atoms with Crippen molar-refractivity contribution in [2.24, 2.45) is 5.16 Å². The standard InChI is InChI=1S/C26H31N3O6/c1-30-21-6-5-19(16-22(21)31-2)25(28-35-14-11-29-9-12-34-13-10-29)26-20-17-24(33-4)23(32-3)15-18(20)7-8-27-26/h5-8,15-17H,9-14H2,1-4H3/b28-25-. The molecule has 0 aliphatic carbocycles. The minimum atomic E-state index is 0.443. The van der Waals surface area contributed by atoms with Gasteiger partial charge in [0.05, 0.1) is 41.7 Å². The number of aromatic nitrogens is 1. The van der Waals surface area contributed by atoms with Crippen LogP contribution in [0.25, 0.3) is 10.8 Å². The van der Waals surface area contributed by atoms with Gasteiger partial charge < -0.3 is 28.5 Å². The summed E-state index contributed by atoms with van der Waals surface area (Å²) < 4.78 is 27.4. The summed E-state index contributed by atoms with van der Waals surface area (Å²) >= 11 is 0. The highest BCUT2D eigenvalue weighted by molar-refractivity contribution is 6.18. The summed E-state index contributed by atoms with van der Waals surface area (Å²) in [6.07, 6.45) is 1.74. The number of oxime groups is 1. The molecule has 0 saturated carbocycles. The summed E-state index contributed by atoms with van der Waals surface area (Å²) in [6, 6.07) is 11.4. The van der Waals surface area contributed by atoms with E-state index >= 15 is 0 Å². The lowest BCUT2D eigenvalue weighted by molar-refractivity contribution is 0.0212. The van der Waals surface area contributed by atoms with Crippen molar-refractivity contribution in [1.82, 2.24) is 9.88 Å². The van der Waals surface area contributed by atoms with E-state index in [2.05, 4.69) is 15.0 Å². The van der Waals surface area contributed by atoms with Crippen LogP contribution < -0.4 is 18.9 Å². The zero-order valence-electron chi connectivity index (χ0n) is 20.6. The molecule has 186 valence electrons. The lowest BCUT2D eigenvalue weighted by Crippen LogP contribution is -2.38. The molecule has 0 bridgehead atoms. The first-order chi connectivity index (χ1) is 17.2. The Kier molecular flexibility index (Phi) is 8.23. The fraction of sp³-hybridized carbons (Fsp3) is 0.385. The number of fused-ring (bicyclic) bond motifs is 1. The number of rotatable bonds is 10. The SMILES string of the molecule is COc1ccc(/C(=N/OCCN2CCOCC2)c2nccc3cc(OC)c(OC)cc23)cc1OC. The number of ether oxygens (including phenoxy) is 5. The molecule has 2 heterocycles. The maximum Gasteiger partial charge on any atom is 0.161 e. The van der Waals surface area contributed by atoms with Crippen molar-refractivity contribution in [3.8, 4) is 23.0 Å². The van der Waals surface area contributed by atoms with Gasteiger partial charge in [-0.05, 0) is 41.8 Å². The number of methoxy groups -OCH3 is 4. The van der Waals surface area contributed by atoms with E-state index in [1.165, 1.54) is 0 Å². The molecule has 2 aromatic carbocycles. The van der Waals surface area contributed by atoms with Crippen molar-refractivity contribution in [3.63, 3.8) is 0 Å². The van der Waals surface area contributed by atoms with Gasteiger partial charge in [0.15, 0.2) is 23.0 Å². The molecule has 1 aromatic heterocycles. The number of hydrogen-bond donors (Lipinski definition) is 0. The van der Waals surface area contributed by atoms with Crippen LogP contribution in [0.3, 0.4) is 0 Å². The number of pyridine rings is 1. The van der Waals surface area contributed by atoms with Gasteiger partial charge in [-0.25, -0.2) is 0 Å². The Bertz CT molecular complexity index is 1180. The van der Waals surface area contributed by atoms with Gasteiger partial charge >= 0.3 is 0 Å². The van der Waals surface area contributed by atoms with E-state index in [-0.39, 0.29) is 0 Å². The molecule has 1 aliphatic rings. The topological polar surface area (TPSA) is 83.9 Å². The highest BCUT2D eigenvalue weighted by Gasteiger charge is 2.18. The van der Waals surface area contributed by atoms with Gasteiger partial charge in [-0.3, -0.25) is 9.88 Å². The summed E-state index contributed by atoms with van der Waals surface area (Å²) in [7, 11) is 6.43. The molecule has 0 unspecified atom stereocenters. The third-order valence-corrected chi connectivity index (χ3v) is 5.91. The van der Waals surface area contributed by atoms with E-state index in [1.807, 2.05) is 36.4 Å². The summed E-state index contributed by atoms with van der Waals surface area (Å²) in [5.74, 6) is 2.46. The molecule has 4 rings (SSSR count). The number of benzene rings is 2. The van der Waals surface area contributed by atoms with Gasteiger partial charge in [0, 0.05) is 36.8 Å². The second-order valence-electron chi connectivity index (χ2n) is 7.88. The van der Waals surface area contributed by atoms with Gasteiger partial charge in [0.2, 0.25) is 0 Å². The van der Waals surface area contributed by atoms with E-state index in [0.29, 0.717) is 41.0 Å². The number of hydrogen-bond acceptors (Lipinski definition) is 9. The van der Waals surface area contributed by atoms with Crippen molar-refractivity contribution in [2.45, 2.75) is 0 Å². The van der Waals surface area contributed by atoms with Crippen LogP contribution in [0.2, 0.25) is 0 Å². The van der Waals surface area contributed by atoms with Gasteiger partial charge in [-0.2, -0.15) is 0 Å². The smallest absolute Gasteiger partial charge is 0.161 e. The van der Waals surface area contributed by atoms with Crippen LogP contribution in [0.15, 0.2) is 47.8 Å². The molecule has 1 saturated heterocycles. The van der Waals surface area contributed by atoms with Crippen molar-refractivity contribution in [1.29, 1.82) is 0 Å². The Morgan fingerprint density at radius 1 is 0.886 bits per heavy atom. The monoisotopic (exact) mass is 481 g/mol. The lowest BCUT2D eigenvalue weighted by Gasteiger charge is -2.25. The third-order valence-electron chi connectivity index (χ3n) is 5.91. The van der Waals surface area contributed by atoms with E-state index in [4.69, 9.17) is 28.5 Å². The van der Waals surface area contributed by atoms with Crippen LogP contribution in [0.1, 0.15) is 11.3 Å². The summed E-state index contributed by atoms with van der Waals surface area (Å²) in [6.45, 7) is 4.47. The largest absolute Gasteiger partial charge is 0.493 e. The molecule has 0 N–H and O–H groups in total. The second kappa shape index (κ2) is 11.7. The first-order valence-corrected chi connectivity index (χ1v) is 11.4. The normalized spacial score (nSPS) is 14.6. The highest BCUT2D eigenvalue weighted by Crippen LogP contribution is 2.35. The predicted molar refractivity (Wildman–Crippen MR) is 133 cm³/mol. The summed E-state index contributed by atoms with van der Waals surface area (Å²) in [5, 5.41) is 6.35. The first-order valence-electron chi connectivity index (χ1n) is 11.4.